The van der Waals surface area contributed by atoms with Gasteiger partial charge in [-0.05, 0) is 30.2 Å². The van der Waals surface area contributed by atoms with Gasteiger partial charge in [0.05, 0.1) is 6.54 Å². The zero-order valence-electron chi connectivity index (χ0n) is 11.9. The molecular weight excluding hydrogens is 294 g/mol. The molecule has 0 radical (unpaired) electrons. The van der Waals surface area contributed by atoms with Crippen molar-refractivity contribution in [3.63, 3.8) is 0 Å². The molecule has 7 heteroatoms. The summed E-state index contributed by atoms with van der Waals surface area (Å²) in [5.74, 6) is -1.63. The smallest absolute Gasteiger partial charge is 0.251 e. The molecule has 0 spiro atoms. The summed E-state index contributed by atoms with van der Waals surface area (Å²) < 4.78 is 0. The Labute approximate surface area is 128 Å². The highest BCUT2D eigenvalue weighted by Gasteiger charge is 2.24. The van der Waals surface area contributed by atoms with Gasteiger partial charge >= 0.3 is 0 Å². The highest BCUT2D eigenvalue weighted by molar-refractivity contribution is 6.30. The third kappa shape index (κ3) is 5.43. The van der Waals surface area contributed by atoms with E-state index >= 15 is 0 Å². The number of nitrogens with one attached hydrogen (secondary N) is 2. The SMILES string of the molecule is CC(C)[C@H](NC(=O)c1ccc(Cl)cc1)C(=O)NCC(N)=O. The van der Waals surface area contributed by atoms with E-state index in [1.807, 2.05) is 0 Å². The summed E-state index contributed by atoms with van der Waals surface area (Å²) >= 11 is 5.75. The summed E-state index contributed by atoms with van der Waals surface area (Å²) in [6.07, 6.45) is 0. The van der Waals surface area contributed by atoms with Crippen molar-refractivity contribution in [1.82, 2.24) is 10.6 Å². The summed E-state index contributed by atoms with van der Waals surface area (Å²) in [7, 11) is 0. The molecular formula is C14H18ClN3O3. The van der Waals surface area contributed by atoms with Crippen LogP contribution in [-0.2, 0) is 9.59 Å². The first-order valence-corrected chi connectivity index (χ1v) is 6.81. The van der Waals surface area contributed by atoms with Gasteiger partial charge in [0, 0.05) is 10.6 Å². The van der Waals surface area contributed by atoms with Crippen LogP contribution in [0.2, 0.25) is 5.02 Å². The van der Waals surface area contributed by atoms with Gasteiger partial charge in [0.2, 0.25) is 11.8 Å². The molecule has 0 saturated heterocycles. The number of nitrogens with two attached hydrogens (primary N) is 1. The summed E-state index contributed by atoms with van der Waals surface area (Å²) in [4.78, 5) is 34.7. The van der Waals surface area contributed by atoms with Crippen molar-refractivity contribution in [2.24, 2.45) is 11.7 Å². The molecule has 1 aromatic carbocycles. The van der Waals surface area contributed by atoms with E-state index in [2.05, 4.69) is 10.6 Å². The molecule has 1 aromatic rings. The Morgan fingerprint density at radius 2 is 1.76 bits per heavy atom. The van der Waals surface area contributed by atoms with Gasteiger partial charge < -0.3 is 16.4 Å². The van der Waals surface area contributed by atoms with Crippen molar-refractivity contribution in [3.8, 4) is 0 Å². The van der Waals surface area contributed by atoms with Gasteiger partial charge in [0.15, 0.2) is 0 Å². The lowest BCUT2D eigenvalue weighted by atomic mass is 10.0. The van der Waals surface area contributed by atoms with Crippen LogP contribution in [0.15, 0.2) is 24.3 Å². The van der Waals surface area contributed by atoms with Gasteiger partial charge in [0.25, 0.3) is 5.91 Å². The van der Waals surface area contributed by atoms with Gasteiger partial charge in [-0.2, -0.15) is 0 Å². The van der Waals surface area contributed by atoms with Crippen LogP contribution in [-0.4, -0.2) is 30.3 Å². The van der Waals surface area contributed by atoms with Crippen molar-refractivity contribution < 1.29 is 14.4 Å². The van der Waals surface area contributed by atoms with Crippen molar-refractivity contribution in [1.29, 1.82) is 0 Å². The molecule has 0 bridgehead atoms. The minimum atomic E-state index is -0.757. The number of halogens is 1. The number of primary amides is 1. The lowest BCUT2D eigenvalue weighted by Gasteiger charge is -2.21. The number of amides is 3. The van der Waals surface area contributed by atoms with Crippen molar-refractivity contribution in [2.75, 3.05) is 6.54 Å². The first-order valence-electron chi connectivity index (χ1n) is 6.43. The fourth-order valence-corrected chi connectivity index (χ4v) is 1.77. The lowest BCUT2D eigenvalue weighted by Crippen LogP contribution is -2.51. The van der Waals surface area contributed by atoms with Crippen LogP contribution in [0.5, 0.6) is 0 Å². The molecule has 1 rings (SSSR count). The summed E-state index contributed by atoms with van der Waals surface area (Å²) in [6, 6.07) is 5.56. The third-order valence-electron chi connectivity index (χ3n) is 2.78. The van der Waals surface area contributed by atoms with Crippen LogP contribution in [0.1, 0.15) is 24.2 Å². The maximum Gasteiger partial charge on any atom is 0.251 e. The summed E-state index contributed by atoms with van der Waals surface area (Å²) in [5.41, 5.74) is 5.37. The summed E-state index contributed by atoms with van der Waals surface area (Å²) in [5, 5.41) is 5.53. The standard InChI is InChI=1S/C14H18ClN3O3/c1-8(2)12(14(21)17-7-11(16)19)18-13(20)9-3-5-10(15)6-4-9/h3-6,8,12H,7H2,1-2H3,(H2,16,19)(H,17,21)(H,18,20)/t12-/m0/s1. The van der Waals surface area contributed by atoms with Crippen LogP contribution in [0.4, 0.5) is 0 Å². The molecule has 0 aliphatic rings. The summed E-state index contributed by atoms with van der Waals surface area (Å²) in [6.45, 7) is 3.31. The molecule has 0 aromatic heterocycles. The quantitative estimate of drug-likeness (QED) is 0.720. The second-order valence-electron chi connectivity index (χ2n) is 4.89. The Morgan fingerprint density at radius 3 is 2.24 bits per heavy atom. The highest BCUT2D eigenvalue weighted by atomic mass is 35.5. The minimum absolute atomic E-state index is 0.144. The van der Waals surface area contributed by atoms with E-state index in [0.717, 1.165) is 0 Å². The van der Waals surface area contributed by atoms with Gasteiger partial charge in [-0.15, -0.1) is 0 Å². The predicted octanol–water partition coefficient (Wildman–Crippen LogP) is 0.696. The minimum Gasteiger partial charge on any atom is -0.368 e. The zero-order chi connectivity index (χ0) is 16.0. The van der Waals surface area contributed by atoms with E-state index in [9.17, 15) is 14.4 Å². The van der Waals surface area contributed by atoms with E-state index in [0.29, 0.717) is 10.6 Å². The molecule has 0 unspecified atom stereocenters. The Hall–Kier alpha value is -2.08. The van der Waals surface area contributed by atoms with E-state index in [1.165, 1.54) is 0 Å². The van der Waals surface area contributed by atoms with Crippen LogP contribution >= 0.6 is 11.6 Å². The van der Waals surface area contributed by atoms with Crippen molar-refractivity contribution in [3.05, 3.63) is 34.9 Å². The van der Waals surface area contributed by atoms with Crippen LogP contribution in [0.3, 0.4) is 0 Å². The number of hydrogen-bond acceptors (Lipinski definition) is 3. The maximum absolute atomic E-state index is 12.1. The lowest BCUT2D eigenvalue weighted by molar-refractivity contribution is -0.126. The van der Waals surface area contributed by atoms with Crippen LogP contribution < -0.4 is 16.4 Å². The molecule has 114 valence electrons. The van der Waals surface area contributed by atoms with E-state index < -0.39 is 17.9 Å². The van der Waals surface area contributed by atoms with Gasteiger partial charge in [0.1, 0.15) is 6.04 Å². The Kier molecular flexibility index (Phi) is 6.17. The second-order valence-corrected chi connectivity index (χ2v) is 5.32. The number of hydrogen-bond donors (Lipinski definition) is 3. The van der Waals surface area contributed by atoms with E-state index in [-0.39, 0.29) is 18.4 Å². The number of benzene rings is 1. The van der Waals surface area contributed by atoms with Crippen LogP contribution in [0.25, 0.3) is 0 Å². The Morgan fingerprint density at radius 1 is 1.19 bits per heavy atom. The van der Waals surface area contributed by atoms with Gasteiger partial charge in [-0.25, -0.2) is 0 Å². The zero-order valence-corrected chi connectivity index (χ0v) is 12.6. The molecule has 0 saturated carbocycles. The monoisotopic (exact) mass is 311 g/mol. The molecule has 0 heterocycles. The Bertz CT molecular complexity index is 529. The molecule has 4 N–H and O–H groups in total. The molecule has 21 heavy (non-hydrogen) atoms. The molecule has 6 nitrogen and oxygen atoms in total. The number of carbonyl (C=O) groups is 3. The Balaban J connectivity index is 2.73. The average Bonchev–Trinajstić information content (AvgIpc) is 2.42. The van der Waals surface area contributed by atoms with Crippen LogP contribution in [0, 0.1) is 5.92 Å². The molecule has 1 atom stereocenters. The van der Waals surface area contributed by atoms with E-state index in [1.54, 1.807) is 38.1 Å². The first kappa shape index (κ1) is 17.0. The number of carbonyl (C=O) groups excluding carboxylic acids is 3. The van der Waals surface area contributed by atoms with Crippen molar-refractivity contribution >= 4 is 29.3 Å². The molecule has 0 aliphatic carbocycles. The highest BCUT2D eigenvalue weighted by Crippen LogP contribution is 2.10. The van der Waals surface area contributed by atoms with Gasteiger partial charge in [-0.1, -0.05) is 25.4 Å². The topological polar surface area (TPSA) is 101 Å². The predicted molar refractivity (Wildman–Crippen MR) is 79.7 cm³/mol. The molecule has 0 fully saturated rings. The fourth-order valence-electron chi connectivity index (χ4n) is 1.64. The van der Waals surface area contributed by atoms with Crippen molar-refractivity contribution in [2.45, 2.75) is 19.9 Å². The largest absolute Gasteiger partial charge is 0.368 e. The average molecular weight is 312 g/mol. The fraction of sp³-hybridized carbons (Fsp3) is 0.357. The maximum atomic E-state index is 12.1. The normalized spacial score (nSPS) is 11.8. The number of rotatable bonds is 6. The third-order valence-corrected chi connectivity index (χ3v) is 3.03. The first-order chi connectivity index (χ1) is 9.81. The van der Waals surface area contributed by atoms with Gasteiger partial charge in [-0.3, -0.25) is 14.4 Å². The van der Waals surface area contributed by atoms with E-state index in [4.69, 9.17) is 17.3 Å². The molecule has 3 amide bonds. The second kappa shape index (κ2) is 7.64. The molecule has 0 aliphatic heterocycles.